The number of para-hydroxylation sites is 2. The standard InChI is InChI=1S/C26H17BrO7/c1-32-19-11-10-13(12-16(19)27)20(21-23(28)14-6-2-4-8-17(14)33-25(21)30)22-24(29)15-7-3-5-9-18(15)34-26(22)31/h2-12,20,28-29H,1H3. The lowest BCUT2D eigenvalue weighted by atomic mass is 9.84. The Labute approximate surface area is 200 Å². The average Bonchev–Trinajstić information content (AvgIpc) is 2.83. The van der Waals surface area contributed by atoms with Crippen molar-refractivity contribution >= 4 is 37.9 Å². The van der Waals surface area contributed by atoms with Gasteiger partial charge in [0.15, 0.2) is 0 Å². The number of aromatic hydroxyl groups is 2. The number of hydrogen-bond donors (Lipinski definition) is 2. The van der Waals surface area contributed by atoms with Crippen LogP contribution in [0.4, 0.5) is 0 Å². The topological polar surface area (TPSA) is 110 Å². The van der Waals surface area contributed by atoms with E-state index in [4.69, 9.17) is 13.6 Å². The Balaban J connectivity index is 1.91. The molecule has 0 aliphatic heterocycles. The monoisotopic (exact) mass is 520 g/mol. The summed E-state index contributed by atoms with van der Waals surface area (Å²) in [5.74, 6) is -1.39. The van der Waals surface area contributed by atoms with Crippen LogP contribution in [0.1, 0.15) is 22.6 Å². The summed E-state index contributed by atoms with van der Waals surface area (Å²) in [5.41, 5.74) is -1.29. The molecule has 2 N–H and O–H groups in total. The van der Waals surface area contributed by atoms with Crippen LogP contribution >= 0.6 is 15.9 Å². The van der Waals surface area contributed by atoms with E-state index in [0.29, 0.717) is 26.6 Å². The third-order valence-electron chi connectivity index (χ3n) is 5.73. The molecular formula is C26H17BrO7. The van der Waals surface area contributed by atoms with Crippen LogP contribution in [0.3, 0.4) is 0 Å². The molecule has 8 heteroatoms. The molecule has 2 aromatic heterocycles. The second kappa shape index (κ2) is 8.39. The Morgan fingerprint density at radius 1 is 0.794 bits per heavy atom. The molecule has 0 bridgehead atoms. The predicted octanol–water partition coefficient (Wildman–Crippen LogP) is 5.26. The molecule has 0 aliphatic rings. The number of halogens is 1. The largest absolute Gasteiger partial charge is 0.507 e. The van der Waals surface area contributed by atoms with E-state index in [1.165, 1.54) is 7.11 Å². The van der Waals surface area contributed by atoms with Gasteiger partial charge in [-0.3, -0.25) is 0 Å². The van der Waals surface area contributed by atoms with Gasteiger partial charge >= 0.3 is 11.3 Å². The summed E-state index contributed by atoms with van der Waals surface area (Å²) >= 11 is 3.42. The molecule has 0 aliphatic carbocycles. The third-order valence-corrected chi connectivity index (χ3v) is 6.35. The van der Waals surface area contributed by atoms with Gasteiger partial charge in [0.25, 0.3) is 0 Å². The van der Waals surface area contributed by atoms with Gasteiger partial charge in [-0.25, -0.2) is 9.59 Å². The first-order chi connectivity index (χ1) is 16.4. The first-order valence-corrected chi connectivity index (χ1v) is 11.0. The lowest BCUT2D eigenvalue weighted by Crippen LogP contribution is -2.21. The van der Waals surface area contributed by atoms with Gasteiger partial charge in [-0.1, -0.05) is 30.3 Å². The molecule has 2 heterocycles. The lowest BCUT2D eigenvalue weighted by molar-refractivity contribution is 0.412. The fourth-order valence-corrected chi connectivity index (χ4v) is 4.70. The second-order valence-corrected chi connectivity index (χ2v) is 8.48. The number of rotatable bonds is 4. The van der Waals surface area contributed by atoms with E-state index in [2.05, 4.69) is 15.9 Å². The molecule has 5 rings (SSSR count). The van der Waals surface area contributed by atoms with Crippen molar-refractivity contribution in [2.45, 2.75) is 5.92 Å². The number of benzene rings is 3. The molecule has 34 heavy (non-hydrogen) atoms. The lowest BCUT2D eigenvalue weighted by Gasteiger charge is -2.20. The van der Waals surface area contributed by atoms with Crippen molar-refractivity contribution in [1.29, 1.82) is 0 Å². The van der Waals surface area contributed by atoms with Crippen molar-refractivity contribution in [3.05, 3.63) is 109 Å². The molecule has 0 unspecified atom stereocenters. The fourth-order valence-electron chi connectivity index (χ4n) is 4.14. The Bertz CT molecular complexity index is 1580. The van der Waals surface area contributed by atoms with Gasteiger partial charge in [0.1, 0.15) is 28.4 Å². The molecule has 0 radical (unpaired) electrons. The van der Waals surface area contributed by atoms with Gasteiger partial charge in [-0.2, -0.15) is 0 Å². The molecule has 0 saturated carbocycles. The van der Waals surface area contributed by atoms with Crippen molar-refractivity contribution in [3.8, 4) is 17.2 Å². The van der Waals surface area contributed by atoms with Gasteiger partial charge in [-0.05, 0) is 57.9 Å². The van der Waals surface area contributed by atoms with E-state index in [1.807, 2.05) is 0 Å². The van der Waals surface area contributed by atoms with Gasteiger partial charge in [0.05, 0.1) is 39.4 Å². The second-order valence-electron chi connectivity index (χ2n) is 7.62. The molecular weight excluding hydrogens is 504 g/mol. The van der Waals surface area contributed by atoms with Crippen LogP contribution < -0.4 is 16.0 Å². The van der Waals surface area contributed by atoms with E-state index < -0.39 is 17.2 Å². The Kier molecular flexibility index (Phi) is 5.37. The van der Waals surface area contributed by atoms with Crippen LogP contribution in [-0.4, -0.2) is 17.3 Å². The summed E-state index contributed by atoms with van der Waals surface area (Å²) in [4.78, 5) is 26.3. The van der Waals surface area contributed by atoms with Gasteiger partial charge < -0.3 is 23.8 Å². The van der Waals surface area contributed by atoms with E-state index >= 15 is 0 Å². The highest BCUT2D eigenvalue weighted by Crippen LogP contribution is 2.43. The molecule has 3 aromatic carbocycles. The highest BCUT2D eigenvalue weighted by Gasteiger charge is 2.32. The molecule has 0 saturated heterocycles. The zero-order valence-electron chi connectivity index (χ0n) is 17.7. The fraction of sp³-hybridized carbons (Fsp3) is 0.0769. The molecule has 170 valence electrons. The van der Waals surface area contributed by atoms with Gasteiger partial charge in [0.2, 0.25) is 0 Å². The molecule has 5 aromatic rings. The minimum atomic E-state index is -1.20. The van der Waals surface area contributed by atoms with E-state index in [1.54, 1.807) is 66.7 Å². The Hall–Kier alpha value is -4.04. The van der Waals surface area contributed by atoms with Crippen LogP contribution in [-0.2, 0) is 0 Å². The maximum absolute atomic E-state index is 13.2. The molecule has 0 spiro atoms. The average molecular weight is 521 g/mol. The van der Waals surface area contributed by atoms with Crippen molar-refractivity contribution in [1.82, 2.24) is 0 Å². The van der Waals surface area contributed by atoms with Crippen molar-refractivity contribution in [3.63, 3.8) is 0 Å². The van der Waals surface area contributed by atoms with Gasteiger partial charge in [0, 0.05) is 0 Å². The van der Waals surface area contributed by atoms with Crippen LogP contribution in [0.25, 0.3) is 21.9 Å². The summed E-state index contributed by atoms with van der Waals surface area (Å²) in [6.45, 7) is 0. The van der Waals surface area contributed by atoms with E-state index in [0.717, 1.165) is 0 Å². The maximum Gasteiger partial charge on any atom is 0.344 e. The van der Waals surface area contributed by atoms with Crippen molar-refractivity contribution in [2.24, 2.45) is 0 Å². The summed E-state index contributed by atoms with van der Waals surface area (Å²) in [5, 5.41) is 22.9. The van der Waals surface area contributed by atoms with E-state index in [-0.39, 0.29) is 33.8 Å². The van der Waals surface area contributed by atoms with Gasteiger partial charge in [-0.15, -0.1) is 0 Å². The maximum atomic E-state index is 13.2. The summed E-state index contributed by atoms with van der Waals surface area (Å²) in [6, 6.07) is 18.0. The van der Waals surface area contributed by atoms with Crippen LogP contribution in [0.2, 0.25) is 0 Å². The summed E-state index contributed by atoms with van der Waals surface area (Å²) < 4.78 is 16.8. The predicted molar refractivity (Wildman–Crippen MR) is 130 cm³/mol. The van der Waals surface area contributed by atoms with Crippen LogP contribution in [0.5, 0.6) is 17.2 Å². The highest BCUT2D eigenvalue weighted by atomic mass is 79.9. The third kappa shape index (κ3) is 3.43. The van der Waals surface area contributed by atoms with Crippen LogP contribution in [0.15, 0.2) is 89.6 Å². The van der Waals surface area contributed by atoms with Crippen LogP contribution in [0, 0.1) is 0 Å². The minimum absolute atomic E-state index is 0.193. The highest BCUT2D eigenvalue weighted by molar-refractivity contribution is 9.10. The number of fused-ring (bicyclic) bond motifs is 2. The smallest absolute Gasteiger partial charge is 0.344 e. The molecule has 7 nitrogen and oxygen atoms in total. The minimum Gasteiger partial charge on any atom is -0.507 e. The summed E-state index contributed by atoms with van der Waals surface area (Å²) in [6.07, 6.45) is 0. The SMILES string of the molecule is COc1ccc(C(c2c(O)c3ccccc3oc2=O)c2c(O)c3ccccc3oc2=O)cc1Br. The zero-order valence-corrected chi connectivity index (χ0v) is 19.3. The normalized spacial score (nSPS) is 11.4. The summed E-state index contributed by atoms with van der Waals surface area (Å²) in [7, 11) is 1.50. The number of hydrogen-bond acceptors (Lipinski definition) is 7. The molecule has 0 amide bonds. The van der Waals surface area contributed by atoms with E-state index in [9.17, 15) is 19.8 Å². The number of methoxy groups -OCH3 is 1. The molecule has 0 atom stereocenters. The Morgan fingerprint density at radius 2 is 1.29 bits per heavy atom. The molecule has 0 fully saturated rings. The first-order valence-electron chi connectivity index (χ1n) is 10.2. The van der Waals surface area contributed by atoms with Crippen molar-refractivity contribution < 1.29 is 23.8 Å². The first kappa shape index (κ1) is 21.8. The van der Waals surface area contributed by atoms with Crippen molar-refractivity contribution in [2.75, 3.05) is 7.11 Å². The number of ether oxygens (including phenoxy) is 1. The zero-order chi connectivity index (χ0) is 24.0. The quantitative estimate of drug-likeness (QED) is 0.311. The Morgan fingerprint density at radius 3 is 1.76 bits per heavy atom.